The Hall–Kier alpha value is -2.80. The summed E-state index contributed by atoms with van der Waals surface area (Å²) in [5, 5.41) is 5.18. The molecule has 0 aliphatic carbocycles. The van der Waals surface area contributed by atoms with Crippen LogP contribution in [0.1, 0.15) is 11.1 Å². The number of halogens is 3. The van der Waals surface area contributed by atoms with Gasteiger partial charge in [0.25, 0.3) is 0 Å². The van der Waals surface area contributed by atoms with Crippen LogP contribution >= 0.6 is 11.3 Å². The number of thiophene rings is 1. The van der Waals surface area contributed by atoms with Crippen LogP contribution in [0.5, 0.6) is 0 Å². The van der Waals surface area contributed by atoms with Crippen LogP contribution in [0.4, 0.5) is 19.0 Å². The van der Waals surface area contributed by atoms with Gasteiger partial charge in [0.05, 0.1) is 10.4 Å². The van der Waals surface area contributed by atoms with Gasteiger partial charge in [-0.15, -0.1) is 11.3 Å². The highest BCUT2D eigenvalue weighted by Gasteiger charge is 2.31. The molecule has 4 aromatic rings. The Kier molecular flexibility index (Phi) is 4.16. The van der Waals surface area contributed by atoms with Crippen LogP contribution < -0.4 is 5.32 Å². The van der Waals surface area contributed by atoms with Crippen LogP contribution in [0, 0.1) is 0 Å². The number of benzene rings is 1. The summed E-state index contributed by atoms with van der Waals surface area (Å²) in [6.45, 7) is 0.489. The molecule has 3 aromatic heterocycles. The number of nitrogens with one attached hydrogen (secondary N) is 1. The summed E-state index contributed by atoms with van der Waals surface area (Å²) in [6.07, 6.45) is -3.31. The van der Waals surface area contributed by atoms with E-state index in [0.717, 1.165) is 22.7 Å². The number of rotatable bonds is 4. The lowest BCUT2D eigenvalue weighted by molar-refractivity contribution is -0.137. The van der Waals surface area contributed by atoms with Gasteiger partial charge in [-0.25, -0.2) is 4.98 Å². The number of imidazole rings is 1. The molecule has 3 heterocycles. The van der Waals surface area contributed by atoms with Crippen molar-refractivity contribution in [3.8, 4) is 10.6 Å². The predicted molar refractivity (Wildman–Crippen MR) is 97.3 cm³/mol. The van der Waals surface area contributed by atoms with E-state index in [0.29, 0.717) is 23.7 Å². The van der Waals surface area contributed by atoms with Gasteiger partial charge in [-0.3, -0.25) is 4.40 Å². The molecule has 0 radical (unpaired) electrons. The molecule has 4 rings (SSSR count). The quantitative estimate of drug-likeness (QED) is 0.498. The van der Waals surface area contributed by atoms with Gasteiger partial charge >= 0.3 is 6.18 Å². The van der Waals surface area contributed by atoms with E-state index in [1.165, 1.54) is 21.8 Å². The first-order chi connectivity index (χ1) is 12.5. The van der Waals surface area contributed by atoms with Crippen molar-refractivity contribution in [2.75, 3.05) is 5.32 Å². The van der Waals surface area contributed by atoms with Gasteiger partial charge in [-0.05, 0) is 29.1 Å². The third-order valence-electron chi connectivity index (χ3n) is 4.00. The normalized spacial score (nSPS) is 11.8. The molecule has 1 aromatic carbocycles. The van der Waals surface area contributed by atoms with E-state index in [-0.39, 0.29) is 0 Å². The van der Waals surface area contributed by atoms with E-state index in [1.54, 1.807) is 0 Å². The third kappa shape index (κ3) is 3.17. The number of alkyl halides is 3. The largest absolute Gasteiger partial charge is 0.417 e. The Morgan fingerprint density at radius 3 is 2.50 bits per heavy atom. The second-order valence-electron chi connectivity index (χ2n) is 5.77. The number of hydrogen-bond acceptors (Lipinski definition) is 3. The second kappa shape index (κ2) is 6.49. The molecular formula is C19H14F3N3S. The fourth-order valence-corrected chi connectivity index (χ4v) is 3.46. The van der Waals surface area contributed by atoms with Crippen LogP contribution in [-0.4, -0.2) is 9.38 Å². The first-order valence-corrected chi connectivity index (χ1v) is 8.81. The molecule has 0 saturated heterocycles. The topological polar surface area (TPSA) is 29.3 Å². The minimum absolute atomic E-state index is 0.469. The molecule has 0 aliphatic rings. The molecule has 0 atom stereocenters. The highest BCUT2D eigenvalue weighted by Crippen LogP contribution is 2.35. The van der Waals surface area contributed by atoms with Gasteiger partial charge in [-0.2, -0.15) is 13.2 Å². The first kappa shape index (κ1) is 16.7. The van der Waals surface area contributed by atoms with Crippen LogP contribution in [0.3, 0.4) is 0 Å². The summed E-state index contributed by atoms with van der Waals surface area (Å²) in [4.78, 5) is 5.43. The van der Waals surface area contributed by atoms with E-state index in [1.807, 2.05) is 47.8 Å². The zero-order chi connectivity index (χ0) is 18.1. The van der Waals surface area contributed by atoms with E-state index < -0.39 is 11.7 Å². The van der Waals surface area contributed by atoms with E-state index in [9.17, 15) is 13.2 Å². The van der Waals surface area contributed by atoms with Gasteiger partial charge in [0.1, 0.15) is 17.2 Å². The smallest absolute Gasteiger partial charge is 0.365 e. The Morgan fingerprint density at radius 2 is 1.81 bits per heavy atom. The fraction of sp³-hybridized carbons (Fsp3) is 0.105. The van der Waals surface area contributed by atoms with Crippen molar-refractivity contribution in [1.29, 1.82) is 0 Å². The zero-order valence-corrected chi connectivity index (χ0v) is 14.3. The van der Waals surface area contributed by atoms with Crippen molar-refractivity contribution in [3.63, 3.8) is 0 Å². The summed E-state index contributed by atoms with van der Waals surface area (Å²) in [5.74, 6) is 0.553. The summed E-state index contributed by atoms with van der Waals surface area (Å²) in [6, 6.07) is 15.9. The molecule has 1 N–H and O–H groups in total. The number of aromatic nitrogens is 2. The predicted octanol–water partition coefficient (Wildman–Crippen LogP) is 5.69. The summed E-state index contributed by atoms with van der Waals surface area (Å²) in [7, 11) is 0. The lowest BCUT2D eigenvalue weighted by Gasteiger charge is -2.11. The van der Waals surface area contributed by atoms with Crippen LogP contribution in [0.15, 0.2) is 66.2 Å². The standard InChI is InChI=1S/C19H14F3N3S/c20-19(21,22)14-8-9-16-24-17(15-7-4-10-26-15)18(25(16)12-14)23-11-13-5-2-1-3-6-13/h1-10,12,23H,11H2. The Bertz CT molecular complexity index is 1020. The highest BCUT2D eigenvalue weighted by molar-refractivity contribution is 7.13. The molecule has 0 fully saturated rings. The number of nitrogens with zero attached hydrogens (tertiary/aromatic N) is 2. The molecule has 0 unspecified atom stereocenters. The van der Waals surface area contributed by atoms with Crippen molar-refractivity contribution >= 4 is 22.8 Å². The Balaban J connectivity index is 1.81. The lowest BCUT2D eigenvalue weighted by Crippen LogP contribution is -2.08. The minimum Gasteiger partial charge on any atom is -0.365 e. The molecule has 0 saturated carbocycles. The lowest BCUT2D eigenvalue weighted by atomic mass is 10.2. The molecule has 0 aliphatic heterocycles. The monoisotopic (exact) mass is 373 g/mol. The summed E-state index contributed by atoms with van der Waals surface area (Å²) < 4.78 is 40.9. The van der Waals surface area contributed by atoms with Crippen LogP contribution in [0.2, 0.25) is 0 Å². The number of hydrogen-bond donors (Lipinski definition) is 1. The second-order valence-corrected chi connectivity index (χ2v) is 6.72. The van der Waals surface area contributed by atoms with Crippen LogP contribution in [0.25, 0.3) is 16.2 Å². The highest BCUT2D eigenvalue weighted by atomic mass is 32.1. The maximum atomic E-state index is 13.1. The number of anilines is 1. The maximum Gasteiger partial charge on any atom is 0.417 e. The van der Waals surface area contributed by atoms with Gasteiger partial charge in [0.2, 0.25) is 0 Å². The van der Waals surface area contributed by atoms with E-state index in [2.05, 4.69) is 10.3 Å². The van der Waals surface area contributed by atoms with E-state index >= 15 is 0 Å². The maximum absolute atomic E-state index is 13.1. The first-order valence-electron chi connectivity index (χ1n) is 7.93. The van der Waals surface area contributed by atoms with Crippen molar-refractivity contribution in [1.82, 2.24) is 9.38 Å². The van der Waals surface area contributed by atoms with Crippen LogP contribution in [-0.2, 0) is 12.7 Å². The Morgan fingerprint density at radius 1 is 1.00 bits per heavy atom. The zero-order valence-electron chi connectivity index (χ0n) is 13.5. The molecule has 0 bridgehead atoms. The molecule has 3 nitrogen and oxygen atoms in total. The summed E-state index contributed by atoms with van der Waals surface area (Å²) in [5.41, 5.74) is 1.45. The molecule has 0 spiro atoms. The fourth-order valence-electron chi connectivity index (χ4n) is 2.75. The average molecular weight is 373 g/mol. The van der Waals surface area contributed by atoms with Crippen molar-refractivity contribution in [2.45, 2.75) is 12.7 Å². The molecule has 0 amide bonds. The van der Waals surface area contributed by atoms with Gasteiger partial charge in [0.15, 0.2) is 0 Å². The number of fused-ring (bicyclic) bond motifs is 1. The number of pyridine rings is 1. The van der Waals surface area contributed by atoms with E-state index in [4.69, 9.17) is 0 Å². The summed E-state index contributed by atoms with van der Waals surface area (Å²) >= 11 is 1.50. The molecule has 7 heteroatoms. The minimum atomic E-state index is -4.40. The van der Waals surface area contributed by atoms with Gasteiger partial charge < -0.3 is 5.32 Å². The third-order valence-corrected chi connectivity index (χ3v) is 4.88. The van der Waals surface area contributed by atoms with Gasteiger partial charge in [-0.1, -0.05) is 36.4 Å². The Labute approximate surface area is 151 Å². The SMILES string of the molecule is FC(F)(F)c1ccc2nc(-c3cccs3)c(NCc3ccccc3)n2c1. The molecular weight excluding hydrogens is 359 g/mol. The van der Waals surface area contributed by atoms with Gasteiger partial charge in [0, 0.05) is 12.7 Å². The molecule has 26 heavy (non-hydrogen) atoms. The van der Waals surface area contributed by atoms with Crippen molar-refractivity contribution < 1.29 is 13.2 Å². The van der Waals surface area contributed by atoms with Crippen molar-refractivity contribution in [3.05, 3.63) is 77.3 Å². The average Bonchev–Trinajstić information content (AvgIpc) is 3.27. The van der Waals surface area contributed by atoms with Crippen molar-refractivity contribution in [2.24, 2.45) is 0 Å². The molecule has 132 valence electrons.